The summed E-state index contributed by atoms with van der Waals surface area (Å²) >= 11 is 0. The molecular weight excluding hydrogens is 266 g/mol. The topological polar surface area (TPSA) is 62.0 Å². The molecule has 5 heteroatoms. The SMILES string of the molecule is CC1OC2(C)CCC1c1c2nnc(-c2ccccc2)[n+]1[O-]. The maximum atomic E-state index is 12.9. The van der Waals surface area contributed by atoms with Gasteiger partial charge in [-0.3, -0.25) is 0 Å². The monoisotopic (exact) mass is 283 g/mol. The molecule has 3 atom stereocenters. The Morgan fingerprint density at radius 3 is 2.76 bits per heavy atom. The van der Waals surface area contributed by atoms with Crippen LogP contribution in [0.15, 0.2) is 30.3 Å². The second kappa shape index (κ2) is 4.24. The van der Waals surface area contributed by atoms with E-state index in [1.54, 1.807) is 0 Å². The van der Waals surface area contributed by atoms with Crippen LogP contribution < -0.4 is 4.73 Å². The average Bonchev–Trinajstić information content (AvgIpc) is 2.48. The molecule has 0 radical (unpaired) electrons. The summed E-state index contributed by atoms with van der Waals surface area (Å²) in [5.41, 5.74) is 1.78. The van der Waals surface area contributed by atoms with Crippen LogP contribution in [0.1, 0.15) is 44.0 Å². The molecule has 2 bridgehead atoms. The highest BCUT2D eigenvalue weighted by Crippen LogP contribution is 2.49. The molecule has 0 N–H and O–H groups in total. The number of fused-ring (bicyclic) bond motifs is 2. The van der Waals surface area contributed by atoms with E-state index in [2.05, 4.69) is 10.2 Å². The standard InChI is InChI=1S/C16H17N3O2/c1-10-12-8-9-16(2,21-10)14-13(12)19(20)15(18-17-14)11-6-4-3-5-7-11/h3-7,10,12H,8-9H2,1-2H3. The number of rotatable bonds is 1. The van der Waals surface area contributed by atoms with Gasteiger partial charge in [0.15, 0.2) is 5.69 Å². The van der Waals surface area contributed by atoms with Gasteiger partial charge in [0.2, 0.25) is 0 Å². The zero-order chi connectivity index (χ0) is 14.6. The highest BCUT2D eigenvalue weighted by atomic mass is 16.5. The molecule has 1 aliphatic carbocycles. The maximum Gasteiger partial charge on any atom is 0.361 e. The lowest BCUT2D eigenvalue weighted by Crippen LogP contribution is -2.53. The largest absolute Gasteiger partial charge is 0.710 e. The van der Waals surface area contributed by atoms with Gasteiger partial charge < -0.3 is 9.94 Å². The van der Waals surface area contributed by atoms with Crippen LogP contribution in [0.4, 0.5) is 0 Å². The number of hydrogen-bond acceptors (Lipinski definition) is 4. The predicted octanol–water partition coefficient (Wildman–Crippen LogP) is 2.29. The molecular formula is C16H17N3O2. The Morgan fingerprint density at radius 1 is 1.29 bits per heavy atom. The van der Waals surface area contributed by atoms with Crippen molar-refractivity contribution < 1.29 is 9.47 Å². The third-order valence-electron chi connectivity index (χ3n) is 4.73. The van der Waals surface area contributed by atoms with Crippen LogP contribution in [-0.4, -0.2) is 16.3 Å². The summed E-state index contributed by atoms with van der Waals surface area (Å²) in [5, 5.41) is 21.4. The molecule has 5 nitrogen and oxygen atoms in total. The molecule has 0 saturated carbocycles. The fourth-order valence-corrected chi connectivity index (χ4v) is 3.61. The first-order valence-corrected chi connectivity index (χ1v) is 7.34. The van der Waals surface area contributed by atoms with Gasteiger partial charge >= 0.3 is 5.82 Å². The van der Waals surface area contributed by atoms with E-state index in [9.17, 15) is 5.21 Å². The molecule has 3 aliphatic rings. The molecule has 21 heavy (non-hydrogen) atoms. The summed E-state index contributed by atoms with van der Waals surface area (Å²) in [4.78, 5) is 0. The minimum absolute atomic E-state index is 0.0456. The Labute approximate surface area is 123 Å². The van der Waals surface area contributed by atoms with Crippen molar-refractivity contribution in [3.05, 3.63) is 46.9 Å². The zero-order valence-corrected chi connectivity index (χ0v) is 12.1. The van der Waals surface area contributed by atoms with Gasteiger partial charge in [0.05, 0.1) is 16.8 Å². The van der Waals surface area contributed by atoms with Gasteiger partial charge in [0, 0.05) is 5.92 Å². The number of hydrogen-bond donors (Lipinski definition) is 0. The van der Waals surface area contributed by atoms with Crippen LogP contribution in [-0.2, 0) is 10.3 Å². The summed E-state index contributed by atoms with van der Waals surface area (Å²) in [5.74, 6) is 0.481. The fourth-order valence-electron chi connectivity index (χ4n) is 3.61. The average molecular weight is 283 g/mol. The summed E-state index contributed by atoms with van der Waals surface area (Å²) in [7, 11) is 0. The Hall–Kier alpha value is -2.01. The van der Waals surface area contributed by atoms with E-state index in [0.717, 1.165) is 28.8 Å². The second-order valence-electron chi connectivity index (χ2n) is 6.12. The van der Waals surface area contributed by atoms with Gasteiger partial charge in [-0.05, 0) is 43.9 Å². The van der Waals surface area contributed by atoms with Gasteiger partial charge in [0.25, 0.3) is 0 Å². The first-order chi connectivity index (χ1) is 10.1. The van der Waals surface area contributed by atoms with E-state index in [1.807, 2.05) is 44.2 Å². The van der Waals surface area contributed by atoms with Crippen LogP contribution in [0.25, 0.3) is 11.4 Å². The highest BCUT2D eigenvalue weighted by Gasteiger charge is 2.51. The Kier molecular flexibility index (Phi) is 2.57. The fraction of sp³-hybridized carbons (Fsp3) is 0.438. The number of benzene rings is 1. The van der Waals surface area contributed by atoms with Crippen LogP contribution >= 0.6 is 0 Å². The highest BCUT2D eigenvalue weighted by molar-refractivity contribution is 5.51. The summed E-state index contributed by atoms with van der Waals surface area (Å²) in [6.07, 6.45) is 1.91. The predicted molar refractivity (Wildman–Crippen MR) is 76.3 cm³/mol. The molecule has 2 aromatic rings. The molecule has 1 aromatic heterocycles. The zero-order valence-electron chi connectivity index (χ0n) is 12.1. The molecule has 0 spiro atoms. The van der Waals surface area contributed by atoms with Crippen molar-refractivity contribution in [1.29, 1.82) is 0 Å². The molecule has 5 rings (SSSR count). The first kappa shape index (κ1) is 12.7. The molecule has 108 valence electrons. The van der Waals surface area contributed by atoms with E-state index < -0.39 is 5.60 Å². The lowest BCUT2D eigenvalue weighted by molar-refractivity contribution is -0.612. The van der Waals surface area contributed by atoms with E-state index in [0.29, 0.717) is 11.5 Å². The lowest BCUT2D eigenvalue weighted by atomic mass is 9.74. The van der Waals surface area contributed by atoms with Crippen molar-refractivity contribution in [2.24, 2.45) is 0 Å². The van der Waals surface area contributed by atoms with Crippen molar-refractivity contribution in [1.82, 2.24) is 10.2 Å². The van der Waals surface area contributed by atoms with E-state index in [-0.39, 0.29) is 12.0 Å². The van der Waals surface area contributed by atoms with Gasteiger partial charge in [-0.25, -0.2) is 4.73 Å². The van der Waals surface area contributed by atoms with Crippen LogP contribution in [0, 0.1) is 5.21 Å². The Balaban J connectivity index is 1.94. The van der Waals surface area contributed by atoms with E-state index in [1.165, 1.54) is 0 Å². The van der Waals surface area contributed by atoms with Crippen LogP contribution in [0.2, 0.25) is 0 Å². The van der Waals surface area contributed by atoms with E-state index in [4.69, 9.17) is 4.74 Å². The van der Waals surface area contributed by atoms with Gasteiger partial charge in [-0.15, -0.1) is 0 Å². The molecule has 3 heterocycles. The van der Waals surface area contributed by atoms with Gasteiger partial charge in [0.1, 0.15) is 11.3 Å². The number of nitrogens with zero attached hydrogens (tertiary/aromatic N) is 3. The normalized spacial score (nSPS) is 30.2. The molecule has 1 saturated heterocycles. The number of ether oxygens (including phenoxy) is 1. The Bertz CT molecular complexity index is 704. The molecule has 1 aromatic carbocycles. The third-order valence-corrected chi connectivity index (χ3v) is 4.73. The van der Waals surface area contributed by atoms with Crippen molar-refractivity contribution in [2.75, 3.05) is 0 Å². The number of aromatic nitrogens is 3. The van der Waals surface area contributed by atoms with Crippen molar-refractivity contribution in [3.63, 3.8) is 0 Å². The van der Waals surface area contributed by atoms with Crippen molar-refractivity contribution in [2.45, 2.75) is 44.3 Å². The quantitative estimate of drug-likeness (QED) is 0.595. The molecule has 0 amide bonds. The van der Waals surface area contributed by atoms with E-state index >= 15 is 0 Å². The van der Waals surface area contributed by atoms with Crippen LogP contribution in [0.5, 0.6) is 0 Å². The van der Waals surface area contributed by atoms with Gasteiger partial charge in [-0.1, -0.05) is 18.2 Å². The van der Waals surface area contributed by atoms with Crippen LogP contribution in [0.3, 0.4) is 0 Å². The Morgan fingerprint density at radius 2 is 2.05 bits per heavy atom. The summed E-state index contributed by atoms with van der Waals surface area (Å²) in [6.45, 7) is 4.04. The van der Waals surface area contributed by atoms with Gasteiger partial charge in [-0.2, -0.15) is 0 Å². The smallest absolute Gasteiger partial charge is 0.361 e. The first-order valence-electron chi connectivity index (χ1n) is 7.34. The molecule has 2 aliphatic heterocycles. The summed E-state index contributed by atoms with van der Waals surface area (Å²) < 4.78 is 7.02. The second-order valence-corrected chi connectivity index (χ2v) is 6.12. The minimum atomic E-state index is -0.474. The summed E-state index contributed by atoms with van der Waals surface area (Å²) in [6, 6.07) is 9.48. The molecule has 3 unspecified atom stereocenters. The van der Waals surface area contributed by atoms with Crippen molar-refractivity contribution >= 4 is 0 Å². The molecule has 1 fully saturated rings. The third kappa shape index (κ3) is 1.70. The van der Waals surface area contributed by atoms with Crippen molar-refractivity contribution in [3.8, 4) is 11.4 Å². The maximum absolute atomic E-state index is 12.9. The lowest BCUT2D eigenvalue weighted by Gasteiger charge is -2.46. The minimum Gasteiger partial charge on any atom is -0.710 e.